The number of allylic oxidation sites excluding steroid dienone is 1. The largest absolute Gasteiger partial charge is 0.396 e. The predicted octanol–water partition coefficient (Wildman–Crippen LogP) is 1.03. The summed E-state index contributed by atoms with van der Waals surface area (Å²) in [6.07, 6.45) is 7.30. The van der Waals surface area contributed by atoms with Gasteiger partial charge in [-0.25, -0.2) is 0 Å². The van der Waals surface area contributed by atoms with Gasteiger partial charge in [-0.2, -0.15) is 0 Å². The van der Waals surface area contributed by atoms with E-state index in [2.05, 4.69) is 0 Å². The van der Waals surface area contributed by atoms with Crippen LogP contribution in [0.2, 0.25) is 0 Å². The van der Waals surface area contributed by atoms with Crippen molar-refractivity contribution in [2.75, 3.05) is 6.61 Å². The van der Waals surface area contributed by atoms with Gasteiger partial charge in [-0.3, -0.25) is 10.7 Å². The fourth-order valence-electron chi connectivity index (χ4n) is 0.687. The average molecular weight is 145 g/mol. The van der Waals surface area contributed by atoms with E-state index >= 15 is 0 Å². The number of hydroxylamine groups is 1. The van der Waals surface area contributed by atoms with Gasteiger partial charge in [0.05, 0.1) is 0 Å². The summed E-state index contributed by atoms with van der Waals surface area (Å²) in [6, 6.07) is 0. The summed E-state index contributed by atoms with van der Waals surface area (Å²) >= 11 is 0. The summed E-state index contributed by atoms with van der Waals surface area (Å²) in [6.45, 7) is 0.280. The highest BCUT2D eigenvalue weighted by atomic mass is 16.5. The standard InChI is InChI=1S/C7H15NO2/c9-7-5-3-1-2-4-6-8-10/h4,6,8-10H,1-3,5,7H2/b6-4+. The second kappa shape index (κ2) is 8.46. The zero-order valence-corrected chi connectivity index (χ0v) is 6.08. The summed E-state index contributed by atoms with van der Waals surface area (Å²) in [4.78, 5) is 0. The van der Waals surface area contributed by atoms with Crippen molar-refractivity contribution < 1.29 is 10.3 Å². The van der Waals surface area contributed by atoms with Crippen LogP contribution in [-0.4, -0.2) is 16.9 Å². The SMILES string of the molecule is OCCCCC/C=C/NO. The lowest BCUT2D eigenvalue weighted by Gasteiger charge is -1.92. The maximum absolute atomic E-state index is 8.40. The van der Waals surface area contributed by atoms with Gasteiger partial charge in [-0.05, 0) is 19.3 Å². The summed E-state index contributed by atoms with van der Waals surface area (Å²) in [5.74, 6) is 0. The van der Waals surface area contributed by atoms with Crippen molar-refractivity contribution in [2.45, 2.75) is 25.7 Å². The van der Waals surface area contributed by atoms with E-state index in [9.17, 15) is 0 Å². The van der Waals surface area contributed by atoms with Crippen LogP contribution >= 0.6 is 0 Å². The number of aliphatic hydroxyl groups excluding tert-OH is 1. The molecule has 0 aliphatic rings. The van der Waals surface area contributed by atoms with Crippen molar-refractivity contribution in [1.82, 2.24) is 5.48 Å². The molecule has 0 saturated heterocycles. The van der Waals surface area contributed by atoms with Crippen LogP contribution in [0.5, 0.6) is 0 Å². The molecule has 0 rings (SSSR count). The van der Waals surface area contributed by atoms with Gasteiger partial charge in [-0.15, -0.1) is 0 Å². The molecule has 0 unspecified atom stereocenters. The Morgan fingerprint density at radius 1 is 1.20 bits per heavy atom. The van der Waals surface area contributed by atoms with Gasteiger partial charge in [0.1, 0.15) is 0 Å². The first kappa shape index (κ1) is 9.46. The van der Waals surface area contributed by atoms with Crippen LogP contribution in [0.25, 0.3) is 0 Å². The van der Waals surface area contributed by atoms with E-state index in [4.69, 9.17) is 10.3 Å². The van der Waals surface area contributed by atoms with Gasteiger partial charge < -0.3 is 5.11 Å². The van der Waals surface area contributed by atoms with Gasteiger partial charge in [0.25, 0.3) is 0 Å². The fourth-order valence-corrected chi connectivity index (χ4v) is 0.687. The molecule has 3 N–H and O–H groups in total. The Morgan fingerprint density at radius 3 is 2.60 bits per heavy atom. The van der Waals surface area contributed by atoms with E-state index in [1.807, 2.05) is 11.6 Å². The van der Waals surface area contributed by atoms with E-state index in [0.717, 1.165) is 25.7 Å². The average Bonchev–Trinajstić information content (AvgIpc) is 1.97. The molecule has 0 spiro atoms. The highest BCUT2D eigenvalue weighted by molar-refractivity contribution is 4.75. The molecule has 0 aromatic heterocycles. The number of hydrogen-bond acceptors (Lipinski definition) is 3. The van der Waals surface area contributed by atoms with Crippen LogP contribution in [0.4, 0.5) is 0 Å². The molecular formula is C7H15NO2. The van der Waals surface area contributed by atoms with Gasteiger partial charge in [0.2, 0.25) is 0 Å². The van der Waals surface area contributed by atoms with Crippen LogP contribution < -0.4 is 5.48 Å². The molecule has 0 amide bonds. The first-order valence-electron chi connectivity index (χ1n) is 3.57. The molecule has 3 heteroatoms. The number of hydrogen-bond donors (Lipinski definition) is 3. The number of rotatable bonds is 6. The summed E-state index contributed by atoms with van der Waals surface area (Å²) in [5.41, 5.74) is 1.93. The molecule has 0 aliphatic carbocycles. The third-order valence-electron chi connectivity index (χ3n) is 1.22. The van der Waals surface area contributed by atoms with Crippen LogP contribution in [0.15, 0.2) is 12.3 Å². The molecule has 60 valence electrons. The minimum Gasteiger partial charge on any atom is -0.396 e. The van der Waals surface area contributed by atoms with E-state index in [1.165, 1.54) is 6.20 Å². The first-order valence-corrected chi connectivity index (χ1v) is 3.57. The minimum atomic E-state index is 0.280. The molecule has 0 aromatic carbocycles. The highest BCUT2D eigenvalue weighted by Crippen LogP contribution is 1.98. The smallest absolute Gasteiger partial charge is 0.0431 e. The third kappa shape index (κ3) is 7.46. The summed E-state index contributed by atoms with van der Waals surface area (Å²) in [5, 5.41) is 16.5. The summed E-state index contributed by atoms with van der Waals surface area (Å²) < 4.78 is 0. The number of unbranched alkanes of at least 4 members (excludes halogenated alkanes) is 3. The second-order valence-corrected chi connectivity index (χ2v) is 2.10. The lowest BCUT2D eigenvalue weighted by molar-refractivity contribution is 0.214. The van der Waals surface area contributed by atoms with Gasteiger partial charge in [-0.1, -0.05) is 12.5 Å². The van der Waals surface area contributed by atoms with Crippen LogP contribution in [0.1, 0.15) is 25.7 Å². The van der Waals surface area contributed by atoms with Gasteiger partial charge in [0, 0.05) is 12.8 Å². The molecule has 3 nitrogen and oxygen atoms in total. The van der Waals surface area contributed by atoms with E-state index in [-0.39, 0.29) is 6.61 Å². The van der Waals surface area contributed by atoms with Crippen molar-refractivity contribution in [3.05, 3.63) is 12.3 Å². The van der Waals surface area contributed by atoms with Gasteiger partial charge >= 0.3 is 0 Å². The fraction of sp³-hybridized carbons (Fsp3) is 0.714. The molecule has 0 saturated carbocycles. The monoisotopic (exact) mass is 145 g/mol. The van der Waals surface area contributed by atoms with Crippen molar-refractivity contribution in [2.24, 2.45) is 0 Å². The molecule has 0 atom stereocenters. The van der Waals surface area contributed by atoms with Crippen molar-refractivity contribution >= 4 is 0 Å². The van der Waals surface area contributed by atoms with Crippen molar-refractivity contribution in [1.29, 1.82) is 0 Å². The Labute approximate surface area is 61.3 Å². The van der Waals surface area contributed by atoms with Gasteiger partial charge in [0.15, 0.2) is 0 Å². The Bertz CT molecular complexity index is 83.7. The van der Waals surface area contributed by atoms with Crippen LogP contribution in [0, 0.1) is 0 Å². The normalized spacial score (nSPS) is 10.6. The number of nitrogens with one attached hydrogen (secondary N) is 1. The van der Waals surface area contributed by atoms with Crippen molar-refractivity contribution in [3.8, 4) is 0 Å². The molecule has 0 radical (unpaired) electrons. The molecular weight excluding hydrogens is 130 g/mol. The van der Waals surface area contributed by atoms with E-state index < -0.39 is 0 Å². The molecule has 0 heterocycles. The zero-order valence-electron chi connectivity index (χ0n) is 6.08. The Morgan fingerprint density at radius 2 is 2.00 bits per heavy atom. The van der Waals surface area contributed by atoms with Crippen LogP contribution in [0.3, 0.4) is 0 Å². The van der Waals surface area contributed by atoms with E-state index in [0.29, 0.717) is 0 Å². The molecule has 0 aliphatic heterocycles. The first-order chi connectivity index (χ1) is 4.91. The lowest BCUT2D eigenvalue weighted by Crippen LogP contribution is -1.92. The third-order valence-corrected chi connectivity index (χ3v) is 1.22. The quantitative estimate of drug-likeness (QED) is 0.386. The van der Waals surface area contributed by atoms with Crippen molar-refractivity contribution in [3.63, 3.8) is 0 Å². The molecule has 0 bridgehead atoms. The second-order valence-electron chi connectivity index (χ2n) is 2.10. The van der Waals surface area contributed by atoms with Crippen LogP contribution in [-0.2, 0) is 0 Å². The molecule has 10 heavy (non-hydrogen) atoms. The molecule has 0 aromatic rings. The predicted molar refractivity (Wildman–Crippen MR) is 39.6 cm³/mol. The minimum absolute atomic E-state index is 0.280. The maximum Gasteiger partial charge on any atom is 0.0431 e. The number of aliphatic hydroxyl groups is 1. The Balaban J connectivity index is 2.83. The topological polar surface area (TPSA) is 52.5 Å². The highest BCUT2D eigenvalue weighted by Gasteiger charge is 1.83. The zero-order chi connectivity index (χ0) is 7.66. The maximum atomic E-state index is 8.40. The summed E-state index contributed by atoms with van der Waals surface area (Å²) in [7, 11) is 0. The van der Waals surface area contributed by atoms with E-state index in [1.54, 1.807) is 0 Å². The lowest BCUT2D eigenvalue weighted by atomic mass is 10.2. The Kier molecular flexibility index (Phi) is 8.00. The Hall–Kier alpha value is -0.540. The molecule has 0 fully saturated rings.